The van der Waals surface area contributed by atoms with Gasteiger partial charge in [0, 0.05) is 13.6 Å². The summed E-state index contributed by atoms with van der Waals surface area (Å²) in [4.78, 5) is 11.8. The second-order valence-electron chi connectivity index (χ2n) is 3.52. The molecule has 2 aromatic rings. The van der Waals surface area contributed by atoms with Crippen molar-refractivity contribution in [2.24, 2.45) is 7.05 Å². The van der Waals surface area contributed by atoms with E-state index in [1.807, 2.05) is 24.3 Å². The van der Waals surface area contributed by atoms with Gasteiger partial charge in [0.25, 0.3) is 0 Å². The van der Waals surface area contributed by atoms with Crippen LogP contribution < -0.4 is 5.69 Å². The average molecular weight is 208 g/mol. The SMILES string of the molecule is Cn1c(=O)n(CCCF)c2ccccc21. The van der Waals surface area contributed by atoms with Crippen LogP contribution in [0.4, 0.5) is 4.39 Å². The maximum atomic E-state index is 12.1. The molecule has 0 saturated carbocycles. The van der Waals surface area contributed by atoms with Crippen molar-refractivity contribution in [3.63, 3.8) is 0 Å². The molecule has 0 amide bonds. The largest absolute Gasteiger partial charge is 0.328 e. The lowest BCUT2D eigenvalue weighted by Crippen LogP contribution is -2.22. The van der Waals surface area contributed by atoms with Crippen LogP contribution in [0.5, 0.6) is 0 Å². The summed E-state index contributed by atoms with van der Waals surface area (Å²) in [5.41, 5.74) is 1.68. The number of hydrogen-bond donors (Lipinski definition) is 0. The van der Waals surface area contributed by atoms with E-state index < -0.39 is 6.67 Å². The maximum absolute atomic E-state index is 12.1. The van der Waals surface area contributed by atoms with Gasteiger partial charge in [0.1, 0.15) is 0 Å². The third kappa shape index (κ3) is 1.56. The molecule has 0 aliphatic rings. The molecule has 1 heterocycles. The van der Waals surface area contributed by atoms with Gasteiger partial charge in [-0.15, -0.1) is 0 Å². The number of para-hydroxylation sites is 2. The monoisotopic (exact) mass is 208 g/mol. The summed E-state index contributed by atoms with van der Waals surface area (Å²) in [6.07, 6.45) is 0.383. The number of benzene rings is 1. The van der Waals surface area contributed by atoms with Crippen LogP contribution in [0, 0.1) is 0 Å². The molecular formula is C11H13FN2O. The topological polar surface area (TPSA) is 26.9 Å². The third-order valence-corrected chi connectivity index (χ3v) is 2.57. The van der Waals surface area contributed by atoms with Gasteiger partial charge < -0.3 is 0 Å². The minimum absolute atomic E-state index is 0.0790. The summed E-state index contributed by atoms with van der Waals surface area (Å²) in [7, 11) is 1.73. The predicted octanol–water partition coefficient (Wildman–Crippen LogP) is 1.70. The van der Waals surface area contributed by atoms with Crippen LogP contribution in [0.3, 0.4) is 0 Å². The molecule has 0 radical (unpaired) electrons. The highest BCUT2D eigenvalue weighted by molar-refractivity contribution is 5.75. The van der Waals surface area contributed by atoms with Crippen LogP contribution in [-0.2, 0) is 13.6 Å². The van der Waals surface area contributed by atoms with E-state index in [1.54, 1.807) is 16.2 Å². The fourth-order valence-corrected chi connectivity index (χ4v) is 1.80. The maximum Gasteiger partial charge on any atom is 0.328 e. The van der Waals surface area contributed by atoms with Gasteiger partial charge in [-0.2, -0.15) is 0 Å². The molecule has 3 nitrogen and oxygen atoms in total. The van der Waals surface area contributed by atoms with Gasteiger partial charge >= 0.3 is 5.69 Å². The Morgan fingerprint density at radius 3 is 2.60 bits per heavy atom. The molecule has 0 saturated heterocycles. The summed E-state index contributed by atoms with van der Waals surface area (Å²) in [5.74, 6) is 0. The van der Waals surface area contributed by atoms with Crippen molar-refractivity contribution in [3.8, 4) is 0 Å². The van der Waals surface area contributed by atoms with Gasteiger partial charge in [-0.1, -0.05) is 12.1 Å². The van der Waals surface area contributed by atoms with E-state index in [0.29, 0.717) is 13.0 Å². The van der Waals surface area contributed by atoms with Gasteiger partial charge in [-0.25, -0.2) is 4.79 Å². The number of halogens is 1. The van der Waals surface area contributed by atoms with Gasteiger partial charge in [-0.3, -0.25) is 13.5 Å². The van der Waals surface area contributed by atoms with Crippen LogP contribution in [-0.4, -0.2) is 15.8 Å². The number of hydrogen-bond acceptors (Lipinski definition) is 1. The molecule has 0 spiro atoms. The van der Waals surface area contributed by atoms with Crippen LogP contribution in [0.2, 0.25) is 0 Å². The molecule has 1 aromatic heterocycles. The first-order chi connectivity index (χ1) is 7.25. The van der Waals surface area contributed by atoms with E-state index in [-0.39, 0.29) is 5.69 Å². The zero-order valence-corrected chi connectivity index (χ0v) is 8.61. The Morgan fingerprint density at radius 1 is 1.27 bits per heavy atom. The highest BCUT2D eigenvalue weighted by Gasteiger charge is 2.08. The molecule has 0 N–H and O–H groups in total. The summed E-state index contributed by atoms with van der Waals surface area (Å²) in [5, 5.41) is 0. The Kier molecular flexibility index (Phi) is 2.58. The summed E-state index contributed by atoms with van der Waals surface area (Å²) < 4.78 is 15.3. The van der Waals surface area contributed by atoms with E-state index in [1.165, 1.54) is 0 Å². The van der Waals surface area contributed by atoms with Gasteiger partial charge in [0.2, 0.25) is 0 Å². The Balaban J connectivity index is 2.62. The minimum Gasteiger partial charge on any atom is -0.295 e. The Bertz CT molecular complexity index is 527. The normalized spacial score (nSPS) is 11.1. The number of aromatic nitrogens is 2. The second-order valence-corrected chi connectivity index (χ2v) is 3.52. The van der Waals surface area contributed by atoms with Crippen LogP contribution in [0.25, 0.3) is 11.0 Å². The molecule has 0 unspecified atom stereocenters. The zero-order chi connectivity index (χ0) is 10.8. The quantitative estimate of drug-likeness (QED) is 0.754. The van der Waals surface area contributed by atoms with E-state index in [4.69, 9.17) is 0 Å². The van der Waals surface area contributed by atoms with Crippen molar-refractivity contribution >= 4 is 11.0 Å². The number of alkyl halides is 1. The molecule has 0 fully saturated rings. The van der Waals surface area contributed by atoms with E-state index in [0.717, 1.165) is 11.0 Å². The van der Waals surface area contributed by atoms with Gasteiger partial charge in [0.15, 0.2) is 0 Å². The Labute approximate surface area is 86.7 Å². The van der Waals surface area contributed by atoms with E-state index in [9.17, 15) is 9.18 Å². The lowest BCUT2D eigenvalue weighted by atomic mass is 10.3. The fourth-order valence-electron chi connectivity index (χ4n) is 1.80. The van der Waals surface area contributed by atoms with Crippen molar-refractivity contribution in [2.45, 2.75) is 13.0 Å². The Morgan fingerprint density at radius 2 is 1.93 bits per heavy atom. The first-order valence-electron chi connectivity index (χ1n) is 4.96. The Hall–Kier alpha value is -1.58. The molecule has 1 aromatic carbocycles. The molecule has 0 bridgehead atoms. The number of aryl methyl sites for hydroxylation is 2. The average Bonchev–Trinajstić information content (AvgIpc) is 2.51. The van der Waals surface area contributed by atoms with Crippen molar-refractivity contribution in [3.05, 3.63) is 34.7 Å². The predicted molar refractivity (Wildman–Crippen MR) is 57.8 cm³/mol. The molecule has 4 heteroatoms. The van der Waals surface area contributed by atoms with Crippen LogP contribution in [0.1, 0.15) is 6.42 Å². The third-order valence-electron chi connectivity index (χ3n) is 2.57. The number of fused-ring (bicyclic) bond motifs is 1. The molecule has 0 aliphatic heterocycles. The smallest absolute Gasteiger partial charge is 0.295 e. The van der Waals surface area contributed by atoms with Crippen LogP contribution in [0.15, 0.2) is 29.1 Å². The van der Waals surface area contributed by atoms with E-state index >= 15 is 0 Å². The fraction of sp³-hybridized carbons (Fsp3) is 0.364. The first-order valence-corrected chi connectivity index (χ1v) is 4.96. The van der Waals surface area contributed by atoms with Crippen molar-refractivity contribution in [1.82, 2.24) is 9.13 Å². The van der Waals surface area contributed by atoms with E-state index in [2.05, 4.69) is 0 Å². The first kappa shape index (κ1) is 9.96. The molecule has 0 aliphatic carbocycles. The van der Waals surface area contributed by atoms with Gasteiger partial charge in [-0.05, 0) is 18.6 Å². The van der Waals surface area contributed by atoms with Gasteiger partial charge in [0.05, 0.1) is 17.7 Å². The molecule has 0 atom stereocenters. The standard InChI is InChI=1S/C11H13FN2O/c1-13-9-5-2-3-6-10(9)14(11(13)15)8-4-7-12/h2-3,5-6H,4,7-8H2,1H3. The minimum atomic E-state index is -0.393. The highest BCUT2D eigenvalue weighted by Crippen LogP contribution is 2.11. The number of imidazole rings is 1. The highest BCUT2D eigenvalue weighted by atomic mass is 19.1. The number of rotatable bonds is 3. The lowest BCUT2D eigenvalue weighted by Gasteiger charge is -1.99. The van der Waals surface area contributed by atoms with Crippen LogP contribution >= 0.6 is 0 Å². The lowest BCUT2D eigenvalue weighted by molar-refractivity contribution is 0.445. The number of nitrogens with zero attached hydrogens (tertiary/aromatic N) is 2. The summed E-state index contributed by atoms with van der Waals surface area (Å²) in [6.45, 7) is 0.0480. The summed E-state index contributed by atoms with van der Waals surface area (Å²) >= 11 is 0. The molecular weight excluding hydrogens is 195 g/mol. The summed E-state index contributed by atoms with van der Waals surface area (Å²) in [6, 6.07) is 7.55. The molecule has 2 rings (SSSR count). The van der Waals surface area contributed by atoms with Crippen molar-refractivity contribution < 1.29 is 4.39 Å². The molecule has 15 heavy (non-hydrogen) atoms. The van der Waals surface area contributed by atoms with Crippen molar-refractivity contribution in [1.29, 1.82) is 0 Å². The molecule has 80 valence electrons. The van der Waals surface area contributed by atoms with Crippen molar-refractivity contribution in [2.75, 3.05) is 6.67 Å². The second kappa shape index (κ2) is 3.88. The zero-order valence-electron chi connectivity index (χ0n) is 8.61.